The number of hydrogen-bond acceptors (Lipinski definition) is 4. The first kappa shape index (κ1) is 18.8. The summed E-state index contributed by atoms with van der Waals surface area (Å²) in [6, 6.07) is 9.23. The molecular formula is C18H20N4O4. The Balaban J connectivity index is 1.69. The zero-order valence-electron chi connectivity index (χ0n) is 14.1. The van der Waals surface area contributed by atoms with Gasteiger partial charge >= 0.3 is 6.03 Å². The first-order valence-corrected chi connectivity index (χ1v) is 7.96. The van der Waals surface area contributed by atoms with Crippen molar-refractivity contribution in [1.29, 1.82) is 0 Å². The molecule has 0 spiro atoms. The van der Waals surface area contributed by atoms with Crippen LogP contribution in [0, 0.1) is 0 Å². The summed E-state index contributed by atoms with van der Waals surface area (Å²) in [6.07, 6.45) is 3.00. The molecule has 1 aromatic carbocycles. The Morgan fingerprint density at radius 2 is 1.69 bits per heavy atom. The van der Waals surface area contributed by atoms with E-state index in [1.165, 1.54) is 6.26 Å². The Labute approximate surface area is 150 Å². The van der Waals surface area contributed by atoms with Crippen LogP contribution >= 0.6 is 0 Å². The van der Waals surface area contributed by atoms with Crippen molar-refractivity contribution in [3.63, 3.8) is 0 Å². The Bertz CT molecular complexity index is 754. The van der Waals surface area contributed by atoms with Crippen LogP contribution in [0.1, 0.15) is 20.9 Å². The van der Waals surface area contributed by atoms with E-state index in [2.05, 4.69) is 27.8 Å². The van der Waals surface area contributed by atoms with Crippen molar-refractivity contribution in [2.45, 2.75) is 0 Å². The standard InChI is InChI=1S/C18H20N4O4/c1-2-9-19-16(23)13-5-7-14(8-6-13)22-18(25)21-11-10-20-17(24)15-4-3-12-26-15/h2-8,12H,1,9-11H2,(H,19,23)(H,20,24)(H2,21,22,25). The highest BCUT2D eigenvalue weighted by Gasteiger charge is 2.08. The van der Waals surface area contributed by atoms with E-state index in [0.717, 1.165) is 0 Å². The van der Waals surface area contributed by atoms with Crippen molar-refractivity contribution in [1.82, 2.24) is 16.0 Å². The molecule has 0 aliphatic rings. The molecule has 0 saturated carbocycles. The zero-order valence-corrected chi connectivity index (χ0v) is 14.1. The van der Waals surface area contributed by atoms with Gasteiger partial charge in [0.2, 0.25) is 0 Å². The van der Waals surface area contributed by atoms with Gasteiger partial charge in [-0.1, -0.05) is 6.08 Å². The number of carbonyl (C=O) groups is 3. The normalized spacial score (nSPS) is 9.85. The molecule has 0 bridgehead atoms. The molecule has 4 amide bonds. The molecule has 2 rings (SSSR count). The number of nitrogens with one attached hydrogen (secondary N) is 4. The van der Waals surface area contributed by atoms with E-state index < -0.39 is 6.03 Å². The third-order valence-electron chi connectivity index (χ3n) is 3.25. The predicted octanol–water partition coefficient (Wildman–Crippen LogP) is 1.75. The fourth-order valence-electron chi connectivity index (χ4n) is 1.99. The molecule has 0 unspecified atom stereocenters. The van der Waals surface area contributed by atoms with Crippen LogP contribution in [0.15, 0.2) is 59.7 Å². The lowest BCUT2D eigenvalue weighted by Gasteiger charge is -2.09. The highest BCUT2D eigenvalue weighted by Crippen LogP contribution is 2.09. The molecule has 8 nitrogen and oxygen atoms in total. The van der Waals surface area contributed by atoms with Gasteiger partial charge in [-0.25, -0.2) is 4.79 Å². The number of amides is 4. The van der Waals surface area contributed by atoms with Gasteiger partial charge in [-0.15, -0.1) is 6.58 Å². The summed E-state index contributed by atoms with van der Waals surface area (Å²) in [5, 5.41) is 10.5. The van der Waals surface area contributed by atoms with Gasteiger partial charge in [0.05, 0.1) is 6.26 Å². The Morgan fingerprint density at radius 1 is 0.962 bits per heavy atom. The van der Waals surface area contributed by atoms with Crippen molar-refractivity contribution in [2.24, 2.45) is 0 Å². The van der Waals surface area contributed by atoms with Gasteiger partial charge in [-0.05, 0) is 36.4 Å². The molecular weight excluding hydrogens is 336 g/mol. The minimum absolute atomic E-state index is 0.215. The van der Waals surface area contributed by atoms with E-state index in [9.17, 15) is 14.4 Å². The SMILES string of the molecule is C=CCNC(=O)c1ccc(NC(=O)NCCNC(=O)c2ccco2)cc1. The van der Waals surface area contributed by atoms with Crippen molar-refractivity contribution in [3.8, 4) is 0 Å². The van der Waals surface area contributed by atoms with E-state index in [1.807, 2.05) is 0 Å². The molecule has 26 heavy (non-hydrogen) atoms. The quantitative estimate of drug-likeness (QED) is 0.426. The molecule has 8 heteroatoms. The third kappa shape index (κ3) is 5.82. The van der Waals surface area contributed by atoms with E-state index in [0.29, 0.717) is 17.8 Å². The maximum absolute atomic E-state index is 11.8. The second-order valence-corrected chi connectivity index (χ2v) is 5.19. The summed E-state index contributed by atoms with van der Waals surface area (Å²) in [6.45, 7) is 4.43. The molecule has 0 fully saturated rings. The van der Waals surface area contributed by atoms with Gasteiger partial charge in [0.1, 0.15) is 0 Å². The minimum Gasteiger partial charge on any atom is -0.459 e. The lowest BCUT2D eigenvalue weighted by Crippen LogP contribution is -2.36. The minimum atomic E-state index is -0.416. The second-order valence-electron chi connectivity index (χ2n) is 5.19. The van der Waals surface area contributed by atoms with Gasteiger partial charge < -0.3 is 25.7 Å². The van der Waals surface area contributed by atoms with Crippen LogP contribution in [-0.2, 0) is 0 Å². The van der Waals surface area contributed by atoms with Crippen molar-refractivity contribution in [3.05, 3.63) is 66.6 Å². The van der Waals surface area contributed by atoms with Crippen LogP contribution in [0.3, 0.4) is 0 Å². The number of carbonyl (C=O) groups excluding carboxylic acids is 3. The van der Waals surface area contributed by atoms with Crippen molar-refractivity contribution < 1.29 is 18.8 Å². The third-order valence-corrected chi connectivity index (χ3v) is 3.25. The molecule has 136 valence electrons. The molecule has 0 saturated heterocycles. The van der Waals surface area contributed by atoms with Crippen LogP contribution in [0.5, 0.6) is 0 Å². The maximum Gasteiger partial charge on any atom is 0.319 e. The summed E-state index contributed by atoms with van der Waals surface area (Å²) in [5.74, 6) is -0.345. The van der Waals surface area contributed by atoms with Crippen LogP contribution in [0.4, 0.5) is 10.5 Å². The molecule has 0 aliphatic carbocycles. The van der Waals surface area contributed by atoms with Gasteiger partial charge in [0.15, 0.2) is 5.76 Å². The first-order chi connectivity index (χ1) is 12.6. The summed E-state index contributed by atoms with van der Waals surface area (Å²) in [5.41, 5.74) is 1.03. The molecule has 1 heterocycles. The van der Waals surface area contributed by atoms with Crippen LogP contribution in [0.2, 0.25) is 0 Å². The van der Waals surface area contributed by atoms with E-state index in [-0.39, 0.29) is 30.7 Å². The van der Waals surface area contributed by atoms with Gasteiger partial charge in [0, 0.05) is 30.9 Å². The van der Waals surface area contributed by atoms with Crippen LogP contribution in [-0.4, -0.2) is 37.5 Å². The number of benzene rings is 1. The molecule has 1 aromatic heterocycles. The summed E-state index contributed by atoms with van der Waals surface area (Å²) < 4.78 is 4.96. The van der Waals surface area contributed by atoms with Crippen LogP contribution < -0.4 is 21.3 Å². The Hall–Kier alpha value is -3.55. The number of furan rings is 1. The van der Waals surface area contributed by atoms with E-state index >= 15 is 0 Å². The zero-order chi connectivity index (χ0) is 18.8. The fraction of sp³-hybridized carbons (Fsp3) is 0.167. The summed E-state index contributed by atoms with van der Waals surface area (Å²) in [7, 11) is 0. The number of urea groups is 1. The van der Waals surface area contributed by atoms with Gasteiger partial charge in [-0.2, -0.15) is 0 Å². The Morgan fingerprint density at radius 3 is 2.35 bits per heavy atom. The molecule has 2 aromatic rings. The Kier molecular flexibility index (Phi) is 6.99. The van der Waals surface area contributed by atoms with Gasteiger partial charge in [0.25, 0.3) is 11.8 Å². The highest BCUT2D eigenvalue weighted by atomic mass is 16.3. The number of rotatable bonds is 8. The lowest BCUT2D eigenvalue weighted by molar-refractivity contribution is 0.0924. The summed E-state index contributed by atoms with van der Waals surface area (Å²) >= 11 is 0. The molecule has 4 N–H and O–H groups in total. The molecule has 0 atom stereocenters. The van der Waals surface area contributed by atoms with Crippen molar-refractivity contribution >= 4 is 23.5 Å². The van der Waals surface area contributed by atoms with Crippen LogP contribution in [0.25, 0.3) is 0 Å². The largest absolute Gasteiger partial charge is 0.459 e. The monoisotopic (exact) mass is 356 g/mol. The highest BCUT2D eigenvalue weighted by molar-refractivity contribution is 5.95. The topological polar surface area (TPSA) is 112 Å². The average Bonchev–Trinajstić information content (AvgIpc) is 3.18. The van der Waals surface area contributed by atoms with Crippen molar-refractivity contribution in [2.75, 3.05) is 25.0 Å². The predicted molar refractivity (Wildman–Crippen MR) is 97.0 cm³/mol. The number of hydrogen-bond donors (Lipinski definition) is 4. The van der Waals surface area contributed by atoms with E-state index in [1.54, 1.807) is 42.5 Å². The molecule has 0 radical (unpaired) electrons. The smallest absolute Gasteiger partial charge is 0.319 e. The lowest BCUT2D eigenvalue weighted by atomic mass is 10.2. The average molecular weight is 356 g/mol. The first-order valence-electron chi connectivity index (χ1n) is 7.96. The fourth-order valence-corrected chi connectivity index (χ4v) is 1.99. The van der Waals surface area contributed by atoms with Gasteiger partial charge in [-0.3, -0.25) is 9.59 Å². The maximum atomic E-state index is 11.8. The summed E-state index contributed by atoms with van der Waals surface area (Å²) in [4.78, 5) is 35.2. The van der Waals surface area contributed by atoms with E-state index in [4.69, 9.17) is 4.42 Å². The molecule has 0 aliphatic heterocycles. The second kappa shape index (κ2) is 9.67. The number of anilines is 1.